The predicted octanol–water partition coefficient (Wildman–Crippen LogP) is 1.25. The lowest BCUT2D eigenvalue weighted by Gasteiger charge is -2.36. The number of ether oxygens (including phenoxy) is 1. The molecule has 21 heavy (non-hydrogen) atoms. The number of nitrogens with zero attached hydrogens (tertiary/aromatic N) is 1. The normalized spacial score (nSPS) is 27.2. The van der Waals surface area contributed by atoms with Crippen molar-refractivity contribution in [2.75, 3.05) is 19.6 Å². The first-order valence-electron chi connectivity index (χ1n) is 7.87. The van der Waals surface area contributed by atoms with Crippen LogP contribution in [0.4, 0.5) is 4.79 Å². The van der Waals surface area contributed by atoms with Gasteiger partial charge in [-0.1, -0.05) is 0 Å². The van der Waals surface area contributed by atoms with E-state index in [1.165, 1.54) is 0 Å². The van der Waals surface area contributed by atoms with Gasteiger partial charge in [0.25, 0.3) is 0 Å². The molecule has 2 aliphatic rings. The summed E-state index contributed by atoms with van der Waals surface area (Å²) < 4.78 is 5.42. The minimum Gasteiger partial charge on any atom is -0.444 e. The lowest BCUT2D eigenvalue weighted by atomic mass is 10.0. The third-order valence-corrected chi connectivity index (χ3v) is 3.80. The van der Waals surface area contributed by atoms with Crippen LogP contribution in [0.2, 0.25) is 0 Å². The second-order valence-corrected chi connectivity index (χ2v) is 6.92. The van der Waals surface area contributed by atoms with Crippen LogP contribution >= 0.6 is 0 Å². The Kier molecular flexibility index (Phi) is 5.08. The second-order valence-electron chi connectivity index (χ2n) is 6.92. The molecular weight excluding hydrogens is 270 g/mol. The van der Waals surface area contributed by atoms with Crippen molar-refractivity contribution in [1.29, 1.82) is 0 Å². The van der Waals surface area contributed by atoms with E-state index in [9.17, 15) is 9.59 Å². The number of hydrogen-bond acceptors (Lipinski definition) is 4. The SMILES string of the molecule is CC(C)(C)OC(=O)N1CCCC(NC2CCCNC2=O)C1. The molecule has 2 aliphatic heterocycles. The minimum absolute atomic E-state index is 0.0793. The maximum Gasteiger partial charge on any atom is 0.410 e. The monoisotopic (exact) mass is 297 g/mol. The average Bonchev–Trinajstić information content (AvgIpc) is 2.40. The maximum absolute atomic E-state index is 12.1. The lowest BCUT2D eigenvalue weighted by molar-refractivity contribution is -0.124. The number of carbonyl (C=O) groups is 2. The van der Waals surface area contributed by atoms with Gasteiger partial charge in [0.2, 0.25) is 5.91 Å². The van der Waals surface area contributed by atoms with Gasteiger partial charge in [0.05, 0.1) is 6.04 Å². The Morgan fingerprint density at radius 2 is 2.10 bits per heavy atom. The van der Waals surface area contributed by atoms with E-state index >= 15 is 0 Å². The lowest BCUT2D eigenvalue weighted by Crippen LogP contribution is -2.56. The second kappa shape index (κ2) is 6.64. The van der Waals surface area contributed by atoms with E-state index in [2.05, 4.69) is 10.6 Å². The Morgan fingerprint density at radius 1 is 1.33 bits per heavy atom. The highest BCUT2D eigenvalue weighted by Gasteiger charge is 2.30. The summed E-state index contributed by atoms with van der Waals surface area (Å²) in [5, 5.41) is 6.27. The molecule has 0 radical (unpaired) electrons. The number of carbonyl (C=O) groups excluding carboxylic acids is 2. The van der Waals surface area contributed by atoms with E-state index in [0.29, 0.717) is 6.54 Å². The van der Waals surface area contributed by atoms with Gasteiger partial charge in [0.1, 0.15) is 5.60 Å². The first-order valence-corrected chi connectivity index (χ1v) is 7.87. The fourth-order valence-electron chi connectivity index (χ4n) is 2.82. The summed E-state index contributed by atoms with van der Waals surface area (Å²) in [6, 6.07) is 0.0439. The van der Waals surface area contributed by atoms with Crippen LogP contribution in [0.1, 0.15) is 46.5 Å². The van der Waals surface area contributed by atoms with Crippen LogP contribution < -0.4 is 10.6 Å². The molecule has 0 saturated carbocycles. The van der Waals surface area contributed by atoms with Crippen LogP contribution in [-0.2, 0) is 9.53 Å². The smallest absolute Gasteiger partial charge is 0.410 e. The molecule has 2 N–H and O–H groups in total. The van der Waals surface area contributed by atoms with Gasteiger partial charge in [-0.3, -0.25) is 4.79 Å². The molecule has 2 heterocycles. The molecule has 0 aromatic heterocycles. The number of rotatable bonds is 2. The number of likely N-dealkylation sites (tertiary alicyclic amines) is 1. The van der Waals surface area contributed by atoms with Crippen molar-refractivity contribution in [2.24, 2.45) is 0 Å². The van der Waals surface area contributed by atoms with Crippen molar-refractivity contribution in [3.05, 3.63) is 0 Å². The number of amides is 2. The quantitative estimate of drug-likeness (QED) is 0.805. The van der Waals surface area contributed by atoms with E-state index in [1.54, 1.807) is 4.90 Å². The molecule has 0 bridgehead atoms. The van der Waals surface area contributed by atoms with Crippen LogP contribution in [0.15, 0.2) is 0 Å². The predicted molar refractivity (Wildman–Crippen MR) is 80.0 cm³/mol. The molecule has 2 fully saturated rings. The maximum atomic E-state index is 12.1. The van der Waals surface area contributed by atoms with Crippen molar-refractivity contribution in [2.45, 2.75) is 64.1 Å². The zero-order valence-electron chi connectivity index (χ0n) is 13.3. The number of piperidine rings is 2. The molecular formula is C15H27N3O3. The van der Waals surface area contributed by atoms with Crippen LogP contribution in [0.25, 0.3) is 0 Å². The minimum atomic E-state index is -0.472. The first-order chi connectivity index (χ1) is 9.85. The van der Waals surface area contributed by atoms with E-state index in [4.69, 9.17) is 4.74 Å². The van der Waals surface area contributed by atoms with Crippen molar-refractivity contribution in [3.63, 3.8) is 0 Å². The Hall–Kier alpha value is -1.30. The molecule has 2 saturated heterocycles. The molecule has 2 atom stereocenters. The molecule has 2 rings (SSSR count). The zero-order chi connectivity index (χ0) is 15.5. The Balaban J connectivity index is 1.85. The standard InChI is InChI=1S/C15H27N3O3/c1-15(2,3)21-14(20)18-9-5-6-11(10-18)17-12-7-4-8-16-13(12)19/h11-12,17H,4-10H2,1-3H3,(H,16,19). The van der Waals surface area contributed by atoms with Gasteiger partial charge in [-0.05, 0) is 46.5 Å². The Bertz CT molecular complexity index is 392. The summed E-state index contributed by atoms with van der Waals surface area (Å²) in [4.78, 5) is 25.6. The van der Waals surface area contributed by atoms with Gasteiger partial charge >= 0.3 is 6.09 Å². The van der Waals surface area contributed by atoms with E-state index < -0.39 is 5.60 Å². The molecule has 2 amide bonds. The van der Waals surface area contributed by atoms with Crippen LogP contribution in [0, 0.1) is 0 Å². The number of nitrogens with one attached hydrogen (secondary N) is 2. The fourth-order valence-corrected chi connectivity index (χ4v) is 2.82. The fraction of sp³-hybridized carbons (Fsp3) is 0.867. The molecule has 6 nitrogen and oxygen atoms in total. The van der Waals surface area contributed by atoms with Crippen molar-refractivity contribution < 1.29 is 14.3 Å². The van der Waals surface area contributed by atoms with Crippen molar-refractivity contribution in [1.82, 2.24) is 15.5 Å². The van der Waals surface area contributed by atoms with Gasteiger partial charge in [-0.2, -0.15) is 0 Å². The molecule has 0 aromatic rings. The number of hydrogen-bond donors (Lipinski definition) is 2. The highest BCUT2D eigenvalue weighted by Crippen LogP contribution is 2.16. The van der Waals surface area contributed by atoms with Crippen molar-refractivity contribution >= 4 is 12.0 Å². The van der Waals surface area contributed by atoms with Gasteiger partial charge < -0.3 is 20.3 Å². The first kappa shape index (κ1) is 16.1. The third-order valence-electron chi connectivity index (χ3n) is 3.80. The molecule has 0 aliphatic carbocycles. The molecule has 6 heteroatoms. The highest BCUT2D eigenvalue weighted by molar-refractivity contribution is 5.82. The summed E-state index contributed by atoms with van der Waals surface area (Å²) in [6.45, 7) is 7.72. The average molecular weight is 297 g/mol. The Morgan fingerprint density at radius 3 is 2.76 bits per heavy atom. The topological polar surface area (TPSA) is 70.7 Å². The third kappa shape index (κ3) is 4.88. The van der Waals surface area contributed by atoms with Gasteiger partial charge in [-0.25, -0.2) is 4.79 Å². The van der Waals surface area contributed by atoms with Crippen LogP contribution in [0.5, 0.6) is 0 Å². The van der Waals surface area contributed by atoms with Gasteiger partial charge in [0.15, 0.2) is 0 Å². The zero-order valence-corrected chi connectivity index (χ0v) is 13.3. The molecule has 0 aromatic carbocycles. The molecule has 2 unspecified atom stereocenters. The summed E-state index contributed by atoms with van der Waals surface area (Å²) in [5.41, 5.74) is -0.472. The largest absolute Gasteiger partial charge is 0.444 e. The summed E-state index contributed by atoms with van der Waals surface area (Å²) in [5.74, 6) is 0.0793. The summed E-state index contributed by atoms with van der Waals surface area (Å²) in [6.07, 6.45) is 3.54. The van der Waals surface area contributed by atoms with Crippen LogP contribution in [0.3, 0.4) is 0 Å². The van der Waals surface area contributed by atoms with Gasteiger partial charge in [-0.15, -0.1) is 0 Å². The van der Waals surface area contributed by atoms with E-state index in [0.717, 1.165) is 38.8 Å². The molecule has 0 spiro atoms. The van der Waals surface area contributed by atoms with Gasteiger partial charge in [0, 0.05) is 25.7 Å². The Labute approximate surface area is 126 Å². The highest BCUT2D eigenvalue weighted by atomic mass is 16.6. The van der Waals surface area contributed by atoms with E-state index in [1.807, 2.05) is 20.8 Å². The van der Waals surface area contributed by atoms with E-state index in [-0.39, 0.29) is 24.1 Å². The van der Waals surface area contributed by atoms with Crippen LogP contribution in [-0.4, -0.2) is 54.2 Å². The summed E-state index contributed by atoms with van der Waals surface area (Å²) >= 11 is 0. The summed E-state index contributed by atoms with van der Waals surface area (Å²) in [7, 11) is 0. The molecule has 120 valence electrons. The van der Waals surface area contributed by atoms with Crippen molar-refractivity contribution in [3.8, 4) is 0 Å².